The van der Waals surface area contributed by atoms with Gasteiger partial charge in [-0.25, -0.2) is 0 Å². The first-order valence-corrected chi connectivity index (χ1v) is 7.55. The van der Waals surface area contributed by atoms with Gasteiger partial charge in [0.2, 0.25) is 0 Å². The van der Waals surface area contributed by atoms with E-state index in [1.54, 1.807) is 0 Å². The molecule has 0 aromatic carbocycles. The summed E-state index contributed by atoms with van der Waals surface area (Å²) in [5.74, 6) is 0. The van der Waals surface area contributed by atoms with Gasteiger partial charge in [-0.2, -0.15) is 0 Å². The van der Waals surface area contributed by atoms with Crippen molar-refractivity contribution in [2.24, 2.45) is 5.73 Å². The van der Waals surface area contributed by atoms with E-state index >= 15 is 0 Å². The fourth-order valence-electron chi connectivity index (χ4n) is 2.25. The first-order chi connectivity index (χ1) is 8.13. The van der Waals surface area contributed by atoms with Crippen LogP contribution in [0.3, 0.4) is 0 Å². The summed E-state index contributed by atoms with van der Waals surface area (Å²) in [6, 6.07) is 1.18. The molecule has 0 aliphatic carbocycles. The average molecular weight is 242 g/mol. The highest BCUT2D eigenvalue weighted by atomic mass is 15.2. The predicted octanol–water partition coefficient (Wildman–Crippen LogP) is 3.79. The van der Waals surface area contributed by atoms with Crippen LogP contribution in [0.2, 0.25) is 0 Å². The highest BCUT2D eigenvalue weighted by molar-refractivity contribution is 4.72. The van der Waals surface area contributed by atoms with Crippen LogP contribution in [0, 0.1) is 0 Å². The largest absolute Gasteiger partial charge is 0.329 e. The van der Waals surface area contributed by atoms with Crippen LogP contribution >= 0.6 is 0 Å². The molecule has 17 heavy (non-hydrogen) atoms. The van der Waals surface area contributed by atoms with Crippen LogP contribution in [0.15, 0.2) is 0 Å². The number of nitrogens with two attached hydrogens (primary N) is 1. The van der Waals surface area contributed by atoms with Crippen molar-refractivity contribution in [3.8, 4) is 0 Å². The fourth-order valence-corrected chi connectivity index (χ4v) is 2.25. The Labute approximate surface area is 109 Å². The Balaban J connectivity index is 3.50. The summed E-state index contributed by atoms with van der Waals surface area (Å²) in [5.41, 5.74) is 5.85. The van der Waals surface area contributed by atoms with E-state index in [0.717, 1.165) is 6.54 Å². The smallest absolute Gasteiger partial charge is 0.0218 e. The van der Waals surface area contributed by atoms with Crippen LogP contribution < -0.4 is 5.73 Å². The lowest BCUT2D eigenvalue weighted by molar-refractivity contribution is 0.187. The lowest BCUT2D eigenvalue weighted by atomic mass is 10.0. The molecule has 0 amide bonds. The number of hydrogen-bond donors (Lipinski definition) is 1. The van der Waals surface area contributed by atoms with Gasteiger partial charge in [-0.1, -0.05) is 51.9 Å². The SMILES string of the molecule is CCCCCCCCCC(CN)N(C)C(C)C. The van der Waals surface area contributed by atoms with Gasteiger partial charge in [-0.15, -0.1) is 0 Å². The van der Waals surface area contributed by atoms with Crippen molar-refractivity contribution >= 4 is 0 Å². The molecule has 0 rings (SSSR count). The minimum Gasteiger partial charge on any atom is -0.329 e. The zero-order chi connectivity index (χ0) is 13.1. The number of rotatable bonds is 11. The normalized spacial score (nSPS) is 13.6. The second-order valence-corrected chi connectivity index (χ2v) is 5.56. The van der Waals surface area contributed by atoms with E-state index in [-0.39, 0.29) is 0 Å². The number of nitrogens with zero attached hydrogens (tertiary/aromatic N) is 1. The van der Waals surface area contributed by atoms with Crippen LogP contribution in [0.1, 0.15) is 72.1 Å². The van der Waals surface area contributed by atoms with E-state index in [0.29, 0.717) is 12.1 Å². The van der Waals surface area contributed by atoms with E-state index in [2.05, 4.69) is 32.7 Å². The minimum absolute atomic E-state index is 0.575. The van der Waals surface area contributed by atoms with Crippen LogP contribution in [0.25, 0.3) is 0 Å². The number of likely N-dealkylation sites (N-methyl/N-ethyl adjacent to an activating group) is 1. The van der Waals surface area contributed by atoms with Gasteiger partial charge < -0.3 is 5.73 Å². The third-order valence-corrected chi connectivity index (χ3v) is 3.80. The van der Waals surface area contributed by atoms with Gasteiger partial charge in [-0.05, 0) is 27.3 Å². The number of hydrogen-bond acceptors (Lipinski definition) is 2. The molecular weight excluding hydrogens is 208 g/mol. The van der Waals surface area contributed by atoms with E-state index in [9.17, 15) is 0 Å². The summed E-state index contributed by atoms with van der Waals surface area (Å²) >= 11 is 0. The van der Waals surface area contributed by atoms with Crippen molar-refractivity contribution in [2.45, 2.75) is 84.2 Å². The molecular formula is C15H34N2. The molecule has 1 unspecified atom stereocenters. The Morgan fingerprint density at radius 3 is 1.94 bits per heavy atom. The molecule has 0 fully saturated rings. The molecule has 0 aliphatic heterocycles. The Morgan fingerprint density at radius 2 is 1.47 bits per heavy atom. The van der Waals surface area contributed by atoms with Crippen LogP contribution in [0.5, 0.6) is 0 Å². The van der Waals surface area contributed by atoms with Crippen molar-refractivity contribution < 1.29 is 0 Å². The Morgan fingerprint density at radius 1 is 0.941 bits per heavy atom. The van der Waals surface area contributed by atoms with Gasteiger partial charge in [0.05, 0.1) is 0 Å². The van der Waals surface area contributed by atoms with E-state index in [1.165, 1.54) is 51.4 Å². The zero-order valence-electron chi connectivity index (χ0n) is 12.5. The predicted molar refractivity (Wildman–Crippen MR) is 78.4 cm³/mol. The van der Waals surface area contributed by atoms with Gasteiger partial charge in [0.25, 0.3) is 0 Å². The standard InChI is InChI=1S/C15H34N2/c1-5-6-7-8-9-10-11-12-15(13-16)17(4)14(2)3/h14-15H,5-13,16H2,1-4H3. The van der Waals surface area contributed by atoms with Crippen molar-refractivity contribution in [1.82, 2.24) is 4.90 Å². The van der Waals surface area contributed by atoms with E-state index < -0.39 is 0 Å². The maximum absolute atomic E-state index is 5.85. The summed E-state index contributed by atoms with van der Waals surface area (Å²) in [5, 5.41) is 0. The van der Waals surface area contributed by atoms with Gasteiger partial charge in [0, 0.05) is 18.6 Å². The fraction of sp³-hybridized carbons (Fsp3) is 1.00. The second kappa shape index (κ2) is 11.0. The molecule has 0 bridgehead atoms. The Kier molecular flexibility index (Phi) is 11.0. The van der Waals surface area contributed by atoms with Crippen molar-refractivity contribution in [1.29, 1.82) is 0 Å². The van der Waals surface area contributed by atoms with Gasteiger partial charge in [-0.3, -0.25) is 4.90 Å². The van der Waals surface area contributed by atoms with Crippen molar-refractivity contribution in [3.63, 3.8) is 0 Å². The molecule has 0 spiro atoms. The molecule has 2 heteroatoms. The molecule has 0 radical (unpaired) electrons. The quantitative estimate of drug-likeness (QED) is 0.558. The second-order valence-electron chi connectivity index (χ2n) is 5.56. The topological polar surface area (TPSA) is 29.3 Å². The third kappa shape index (κ3) is 8.62. The van der Waals surface area contributed by atoms with Crippen LogP contribution in [-0.4, -0.2) is 30.6 Å². The molecule has 0 aliphatic rings. The highest BCUT2D eigenvalue weighted by Gasteiger charge is 2.14. The molecule has 0 aromatic heterocycles. The zero-order valence-corrected chi connectivity index (χ0v) is 12.5. The maximum atomic E-state index is 5.85. The summed E-state index contributed by atoms with van der Waals surface area (Å²) in [4.78, 5) is 2.41. The molecule has 104 valence electrons. The molecule has 0 saturated heterocycles. The molecule has 0 heterocycles. The van der Waals surface area contributed by atoms with E-state index in [1.807, 2.05) is 0 Å². The van der Waals surface area contributed by atoms with Gasteiger partial charge >= 0.3 is 0 Å². The van der Waals surface area contributed by atoms with E-state index in [4.69, 9.17) is 5.73 Å². The monoisotopic (exact) mass is 242 g/mol. The number of unbranched alkanes of at least 4 members (excludes halogenated alkanes) is 6. The maximum Gasteiger partial charge on any atom is 0.0218 e. The Bertz CT molecular complexity index is 157. The Hall–Kier alpha value is -0.0800. The lowest BCUT2D eigenvalue weighted by Crippen LogP contribution is -2.41. The molecule has 0 aromatic rings. The third-order valence-electron chi connectivity index (χ3n) is 3.80. The lowest BCUT2D eigenvalue weighted by Gasteiger charge is -2.30. The summed E-state index contributed by atoms with van der Waals surface area (Å²) in [6.45, 7) is 7.55. The first-order valence-electron chi connectivity index (χ1n) is 7.55. The van der Waals surface area contributed by atoms with Crippen LogP contribution in [-0.2, 0) is 0 Å². The summed E-state index contributed by atoms with van der Waals surface area (Å²) < 4.78 is 0. The highest BCUT2D eigenvalue weighted by Crippen LogP contribution is 2.13. The summed E-state index contributed by atoms with van der Waals surface area (Å²) in [6.07, 6.45) is 11.0. The molecule has 2 nitrogen and oxygen atoms in total. The van der Waals surface area contributed by atoms with Gasteiger partial charge in [0.15, 0.2) is 0 Å². The van der Waals surface area contributed by atoms with Crippen LogP contribution in [0.4, 0.5) is 0 Å². The molecule has 2 N–H and O–H groups in total. The van der Waals surface area contributed by atoms with Crippen molar-refractivity contribution in [3.05, 3.63) is 0 Å². The first kappa shape index (κ1) is 16.9. The minimum atomic E-state index is 0.575. The molecule has 1 atom stereocenters. The molecule has 0 saturated carbocycles. The van der Waals surface area contributed by atoms with Gasteiger partial charge in [0.1, 0.15) is 0 Å². The summed E-state index contributed by atoms with van der Waals surface area (Å²) in [7, 11) is 2.20. The average Bonchev–Trinajstić information content (AvgIpc) is 2.32. The van der Waals surface area contributed by atoms with Crippen molar-refractivity contribution in [2.75, 3.05) is 13.6 Å².